The van der Waals surface area contributed by atoms with E-state index in [0.717, 1.165) is 23.5 Å². The molecule has 0 spiro atoms. The Hall–Kier alpha value is -1.91. The molecule has 3 rings (SSSR count). The summed E-state index contributed by atoms with van der Waals surface area (Å²) in [7, 11) is 0. The topological polar surface area (TPSA) is 50.8 Å². The predicted molar refractivity (Wildman–Crippen MR) is 74.9 cm³/mol. The van der Waals surface area contributed by atoms with Gasteiger partial charge in [-0.25, -0.2) is 4.79 Å². The average molecular weight is 276 g/mol. The van der Waals surface area contributed by atoms with Gasteiger partial charge in [-0.05, 0) is 50.5 Å². The van der Waals surface area contributed by atoms with Gasteiger partial charge >= 0.3 is 6.03 Å². The molecule has 0 fully saturated rings. The first-order valence-electron chi connectivity index (χ1n) is 7.03. The molecule has 1 aromatic carbocycles. The van der Waals surface area contributed by atoms with Gasteiger partial charge in [-0.15, -0.1) is 0 Å². The van der Waals surface area contributed by atoms with Crippen molar-refractivity contribution in [3.63, 3.8) is 0 Å². The maximum atomic E-state index is 12.2. The molecule has 1 aromatic rings. The third-order valence-electron chi connectivity index (χ3n) is 3.76. The average Bonchev–Trinajstić information content (AvgIpc) is 2.81. The van der Waals surface area contributed by atoms with Crippen LogP contribution < -0.4 is 14.8 Å². The van der Waals surface area contributed by atoms with Gasteiger partial charge in [-0.1, -0.05) is 0 Å². The molecule has 0 aliphatic carbocycles. The van der Waals surface area contributed by atoms with E-state index in [1.165, 1.54) is 5.56 Å². The largest absolute Gasteiger partial charge is 0.454 e. The van der Waals surface area contributed by atoms with Crippen LogP contribution in [0, 0.1) is 0 Å². The Bertz CT molecular complexity index is 542. The summed E-state index contributed by atoms with van der Waals surface area (Å²) in [6, 6.07) is 4.37. The Kier molecular flexibility index (Phi) is 3.20. The lowest BCUT2D eigenvalue weighted by atomic mass is 9.94. The van der Waals surface area contributed by atoms with Gasteiger partial charge in [0.05, 0.1) is 0 Å². The maximum Gasteiger partial charge on any atom is 0.318 e. The van der Waals surface area contributed by atoms with Crippen molar-refractivity contribution >= 4 is 6.03 Å². The van der Waals surface area contributed by atoms with Gasteiger partial charge in [0.2, 0.25) is 6.79 Å². The number of hydrogen-bond donors (Lipinski definition) is 1. The monoisotopic (exact) mass is 276 g/mol. The van der Waals surface area contributed by atoms with Crippen molar-refractivity contribution in [1.29, 1.82) is 0 Å². The summed E-state index contributed by atoms with van der Waals surface area (Å²) in [6.45, 7) is 6.92. The minimum Gasteiger partial charge on any atom is -0.454 e. The number of benzene rings is 1. The fraction of sp³-hybridized carbons (Fsp3) is 0.533. The van der Waals surface area contributed by atoms with Crippen LogP contribution in [0.15, 0.2) is 12.1 Å². The molecule has 1 unspecified atom stereocenters. The molecule has 0 saturated carbocycles. The van der Waals surface area contributed by atoms with E-state index in [1.807, 2.05) is 30.9 Å². The van der Waals surface area contributed by atoms with Crippen molar-refractivity contribution in [2.45, 2.75) is 45.8 Å². The smallest absolute Gasteiger partial charge is 0.318 e. The SMILES string of the molecule is CC(C)NC(=O)N1Cc2cc3c(cc2CC1C)OCO3. The summed E-state index contributed by atoms with van der Waals surface area (Å²) >= 11 is 0. The van der Waals surface area contributed by atoms with Crippen LogP contribution in [0.3, 0.4) is 0 Å². The Balaban J connectivity index is 1.84. The van der Waals surface area contributed by atoms with Crippen LogP contribution in [0.4, 0.5) is 4.79 Å². The van der Waals surface area contributed by atoms with Crippen molar-refractivity contribution in [3.8, 4) is 11.5 Å². The summed E-state index contributed by atoms with van der Waals surface area (Å²) in [5.74, 6) is 1.60. The highest BCUT2D eigenvalue weighted by Crippen LogP contribution is 2.37. The normalized spacial score (nSPS) is 20.0. The molecule has 108 valence electrons. The van der Waals surface area contributed by atoms with E-state index >= 15 is 0 Å². The van der Waals surface area contributed by atoms with Gasteiger partial charge in [0.1, 0.15) is 0 Å². The summed E-state index contributed by atoms with van der Waals surface area (Å²) in [6.07, 6.45) is 0.845. The number of fused-ring (bicyclic) bond motifs is 2. The fourth-order valence-electron chi connectivity index (χ4n) is 2.73. The molecular formula is C15H20N2O3. The van der Waals surface area contributed by atoms with Gasteiger partial charge in [0, 0.05) is 18.6 Å². The lowest BCUT2D eigenvalue weighted by molar-refractivity contribution is 0.166. The molecule has 2 aliphatic rings. The van der Waals surface area contributed by atoms with E-state index in [0.29, 0.717) is 6.54 Å². The van der Waals surface area contributed by atoms with Gasteiger partial charge in [-0.3, -0.25) is 0 Å². The molecule has 0 saturated heterocycles. The fourth-order valence-corrected chi connectivity index (χ4v) is 2.73. The Morgan fingerprint density at radius 1 is 1.30 bits per heavy atom. The number of hydrogen-bond acceptors (Lipinski definition) is 3. The molecule has 2 amide bonds. The number of ether oxygens (including phenoxy) is 2. The van der Waals surface area contributed by atoms with Crippen LogP contribution in [0.1, 0.15) is 31.9 Å². The third kappa shape index (κ3) is 2.28. The summed E-state index contributed by atoms with van der Waals surface area (Å²) in [5, 5.41) is 2.96. The van der Waals surface area contributed by atoms with Gasteiger partial charge < -0.3 is 19.7 Å². The zero-order chi connectivity index (χ0) is 14.3. The number of urea groups is 1. The lowest BCUT2D eigenvalue weighted by Crippen LogP contribution is -2.49. The molecule has 5 nitrogen and oxygen atoms in total. The van der Waals surface area contributed by atoms with Crippen LogP contribution in [0.2, 0.25) is 0 Å². The molecule has 0 bridgehead atoms. The van der Waals surface area contributed by atoms with Crippen LogP contribution in [-0.2, 0) is 13.0 Å². The van der Waals surface area contributed by atoms with E-state index in [4.69, 9.17) is 9.47 Å². The second-order valence-electron chi connectivity index (χ2n) is 5.76. The zero-order valence-electron chi connectivity index (χ0n) is 12.1. The molecule has 0 radical (unpaired) electrons. The number of nitrogens with zero attached hydrogens (tertiary/aromatic N) is 1. The van der Waals surface area contributed by atoms with Gasteiger partial charge in [-0.2, -0.15) is 0 Å². The second kappa shape index (κ2) is 4.89. The number of amides is 2. The highest BCUT2D eigenvalue weighted by Gasteiger charge is 2.29. The summed E-state index contributed by atoms with van der Waals surface area (Å²) in [4.78, 5) is 14.1. The molecular weight excluding hydrogens is 256 g/mol. The van der Waals surface area contributed by atoms with Crippen molar-refractivity contribution in [1.82, 2.24) is 10.2 Å². The van der Waals surface area contributed by atoms with Crippen LogP contribution >= 0.6 is 0 Å². The minimum atomic E-state index is -0.00387. The second-order valence-corrected chi connectivity index (χ2v) is 5.76. The van der Waals surface area contributed by atoms with E-state index in [-0.39, 0.29) is 24.9 Å². The predicted octanol–water partition coefficient (Wildman–Crippen LogP) is 2.28. The first kappa shape index (κ1) is 13.1. The van der Waals surface area contributed by atoms with E-state index in [2.05, 4.69) is 12.2 Å². The number of carbonyl (C=O) groups is 1. The van der Waals surface area contributed by atoms with Crippen molar-refractivity contribution in [2.24, 2.45) is 0 Å². The van der Waals surface area contributed by atoms with Crippen molar-refractivity contribution < 1.29 is 14.3 Å². The highest BCUT2D eigenvalue weighted by molar-refractivity contribution is 5.75. The number of nitrogens with one attached hydrogen (secondary N) is 1. The number of carbonyl (C=O) groups excluding carboxylic acids is 1. The highest BCUT2D eigenvalue weighted by atomic mass is 16.7. The first-order valence-corrected chi connectivity index (χ1v) is 7.03. The van der Waals surface area contributed by atoms with E-state index in [9.17, 15) is 4.79 Å². The maximum absolute atomic E-state index is 12.2. The van der Waals surface area contributed by atoms with Gasteiger partial charge in [0.15, 0.2) is 11.5 Å². The van der Waals surface area contributed by atoms with E-state index in [1.54, 1.807) is 0 Å². The summed E-state index contributed by atoms with van der Waals surface area (Å²) < 4.78 is 10.8. The van der Waals surface area contributed by atoms with Crippen LogP contribution in [0.5, 0.6) is 11.5 Å². The van der Waals surface area contributed by atoms with Gasteiger partial charge in [0.25, 0.3) is 0 Å². The van der Waals surface area contributed by atoms with Crippen LogP contribution in [-0.4, -0.2) is 29.8 Å². The molecule has 1 atom stereocenters. The number of rotatable bonds is 1. The third-order valence-corrected chi connectivity index (χ3v) is 3.76. The quantitative estimate of drug-likeness (QED) is 0.856. The Morgan fingerprint density at radius 3 is 2.60 bits per heavy atom. The first-order chi connectivity index (χ1) is 9.54. The lowest BCUT2D eigenvalue weighted by Gasteiger charge is -2.35. The molecule has 20 heavy (non-hydrogen) atoms. The molecule has 5 heteroatoms. The summed E-state index contributed by atoms with van der Waals surface area (Å²) in [5.41, 5.74) is 2.39. The van der Waals surface area contributed by atoms with Crippen LogP contribution in [0.25, 0.3) is 0 Å². The standard InChI is InChI=1S/C15H20N2O3/c1-9(2)16-15(18)17-7-12-6-14-13(19-8-20-14)5-11(12)4-10(17)3/h5-6,9-10H,4,7-8H2,1-3H3,(H,16,18). The molecule has 2 heterocycles. The molecule has 2 aliphatic heterocycles. The minimum absolute atomic E-state index is 0.00387. The zero-order valence-corrected chi connectivity index (χ0v) is 12.1. The van der Waals surface area contributed by atoms with Crippen molar-refractivity contribution in [3.05, 3.63) is 23.3 Å². The Labute approximate surface area is 118 Å². The molecule has 1 N–H and O–H groups in total. The Morgan fingerprint density at radius 2 is 1.95 bits per heavy atom. The van der Waals surface area contributed by atoms with Crippen molar-refractivity contribution in [2.75, 3.05) is 6.79 Å². The van der Waals surface area contributed by atoms with E-state index < -0.39 is 0 Å². The molecule has 0 aromatic heterocycles.